The first-order chi connectivity index (χ1) is 6.43. The molecule has 2 aromatic heterocycles. The van der Waals surface area contributed by atoms with Crippen molar-refractivity contribution in [1.82, 2.24) is 18.7 Å². The molecule has 5 heteroatoms. The van der Waals surface area contributed by atoms with Gasteiger partial charge in [0.25, 0.3) is 0 Å². The molecule has 0 saturated heterocycles. The third-order valence-corrected chi connectivity index (χ3v) is 2.30. The van der Waals surface area contributed by atoms with Crippen LogP contribution in [0, 0.1) is 0 Å². The molecule has 3 aromatic rings. The van der Waals surface area contributed by atoms with Crippen LogP contribution in [0.3, 0.4) is 0 Å². The molecular weight excluding hydrogens is 184 g/mol. The number of hydrogen-bond donors (Lipinski definition) is 0. The molecule has 4 nitrogen and oxygen atoms in total. The molecule has 0 radical (unpaired) electrons. The fourth-order valence-electron chi connectivity index (χ4n) is 1.20. The van der Waals surface area contributed by atoms with Crippen molar-refractivity contribution in [1.29, 1.82) is 0 Å². The largest absolute Gasteiger partial charge is 0.223 e. The third kappa shape index (κ3) is 0.972. The lowest BCUT2D eigenvalue weighted by Gasteiger charge is -1.92. The quantitative estimate of drug-likeness (QED) is 0.538. The Morgan fingerprint density at radius 3 is 1.92 bits per heavy atom. The molecule has 0 aliphatic carbocycles. The van der Waals surface area contributed by atoms with E-state index in [0.717, 1.165) is 22.8 Å². The summed E-state index contributed by atoms with van der Waals surface area (Å²) >= 11 is 1.14. The summed E-state index contributed by atoms with van der Waals surface area (Å²) in [7, 11) is 0. The molecule has 62 valence electrons. The molecule has 0 bridgehead atoms. The molecule has 0 saturated carbocycles. The topological polar surface area (TPSA) is 51.6 Å². The van der Waals surface area contributed by atoms with Gasteiger partial charge in [-0.15, -0.1) is 0 Å². The van der Waals surface area contributed by atoms with Crippen LogP contribution in [0.15, 0.2) is 24.3 Å². The molecule has 0 amide bonds. The van der Waals surface area contributed by atoms with Crippen molar-refractivity contribution in [3.63, 3.8) is 0 Å². The van der Waals surface area contributed by atoms with Crippen LogP contribution in [0.4, 0.5) is 0 Å². The summed E-state index contributed by atoms with van der Waals surface area (Å²) in [4.78, 5) is 8.62. The molecule has 0 aliphatic rings. The van der Waals surface area contributed by atoms with E-state index in [4.69, 9.17) is 0 Å². The summed E-state index contributed by atoms with van der Waals surface area (Å²) in [6, 6.07) is 7.70. The molecule has 2 heterocycles. The van der Waals surface area contributed by atoms with Gasteiger partial charge in [0.15, 0.2) is 0 Å². The van der Waals surface area contributed by atoms with Crippen molar-refractivity contribution in [2.45, 2.75) is 0 Å². The maximum absolute atomic E-state index is 4.31. The van der Waals surface area contributed by atoms with Gasteiger partial charge < -0.3 is 0 Å². The van der Waals surface area contributed by atoms with Gasteiger partial charge in [0.2, 0.25) is 11.3 Å². The van der Waals surface area contributed by atoms with E-state index in [1.165, 1.54) is 0 Å². The molecule has 0 spiro atoms. The SMILES string of the molecule is c1ccc2nc3nsnc3nc2c1. The zero-order valence-electron chi connectivity index (χ0n) is 6.51. The van der Waals surface area contributed by atoms with Crippen molar-refractivity contribution >= 4 is 34.1 Å². The van der Waals surface area contributed by atoms with E-state index >= 15 is 0 Å². The van der Waals surface area contributed by atoms with Crippen LogP contribution < -0.4 is 0 Å². The van der Waals surface area contributed by atoms with Crippen LogP contribution in [0.1, 0.15) is 0 Å². The average Bonchev–Trinajstić information content (AvgIpc) is 2.61. The van der Waals surface area contributed by atoms with Crippen molar-refractivity contribution < 1.29 is 0 Å². The van der Waals surface area contributed by atoms with Crippen molar-refractivity contribution in [2.24, 2.45) is 0 Å². The van der Waals surface area contributed by atoms with Crippen LogP contribution in [-0.2, 0) is 0 Å². The Labute approximate surface area is 77.6 Å². The molecule has 3 rings (SSSR count). The number of hydrogen-bond acceptors (Lipinski definition) is 5. The number of aromatic nitrogens is 4. The van der Waals surface area contributed by atoms with E-state index in [2.05, 4.69) is 18.7 Å². The minimum Gasteiger partial charge on any atom is -0.223 e. The second kappa shape index (κ2) is 2.43. The minimum atomic E-state index is 0.628. The summed E-state index contributed by atoms with van der Waals surface area (Å²) < 4.78 is 8.05. The van der Waals surface area contributed by atoms with Gasteiger partial charge in [-0.05, 0) is 12.1 Å². The lowest BCUT2D eigenvalue weighted by Crippen LogP contribution is -1.85. The zero-order valence-corrected chi connectivity index (χ0v) is 7.32. The second-order valence-corrected chi connectivity index (χ2v) is 3.15. The van der Waals surface area contributed by atoms with Gasteiger partial charge >= 0.3 is 0 Å². The molecule has 0 aliphatic heterocycles. The van der Waals surface area contributed by atoms with Gasteiger partial charge in [0.1, 0.15) is 0 Å². The first-order valence-corrected chi connectivity index (χ1v) is 4.51. The van der Waals surface area contributed by atoms with Gasteiger partial charge in [-0.25, -0.2) is 9.97 Å². The summed E-state index contributed by atoms with van der Waals surface area (Å²) in [5.74, 6) is 0. The Balaban J connectivity index is 2.57. The lowest BCUT2D eigenvalue weighted by molar-refractivity contribution is 1.34. The first kappa shape index (κ1) is 6.85. The summed E-state index contributed by atoms with van der Waals surface area (Å²) in [6.07, 6.45) is 0. The van der Waals surface area contributed by atoms with Crippen LogP contribution in [0.5, 0.6) is 0 Å². The highest BCUT2D eigenvalue weighted by molar-refractivity contribution is 6.99. The fourth-order valence-corrected chi connectivity index (χ4v) is 1.64. The smallest absolute Gasteiger partial charge is 0.213 e. The van der Waals surface area contributed by atoms with E-state index in [9.17, 15) is 0 Å². The number of para-hydroxylation sites is 2. The zero-order chi connectivity index (χ0) is 8.67. The highest BCUT2D eigenvalue weighted by Crippen LogP contribution is 2.13. The highest BCUT2D eigenvalue weighted by atomic mass is 32.1. The van der Waals surface area contributed by atoms with Gasteiger partial charge in [-0.3, -0.25) is 0 Å². The Hall–Kier alpha value is -1.62. The van der Waals surface area contributed by atoms with E-state index in [1.807, 2.05) is 24.3 Å². The molecule has 13 heavy (non-hydrogen) atoms. The van der Waals surface area contributed by atoms with E-state index in [0.29, 0.717) is 11.3 Å². The number of nitrogens with zero attached hydrogens (tertiary/aromatic N) is 4. The van der Waals surface area contributed by atoms with Crippen LogP contribution in [0.25, 0.3) is 22.3 Å². The van der Waals surface area contributed by atoms with Crippen molar-refractivity contribution in [3.05, 3.63) is 24.3 Å². The van der Waals surface area contributed by atoms with Crippen LogP contribution in [0.2, 0.25) is 0 Å². The Kier molecular flexibility index (Phi) is 1.28. The Bertz CT molecular complexity index is 525. The minimum absolute atomic E-state index is 0.628. The lowest BCUT2D eigenvalue weighted by atomic mass is 10.3. The van der Waals surface area contributed by atoms with Crippen LogP contribution >= 0.6 is 11.7 Å². The first-order valence-electron chi connectivity index (χ1n) is 3.78. The predicted octanol–water partition coefficient (Wildman–Crippen LogP) is 1.63. The summed E-state index contributed by atoms with van der Waals surface area (Å²) in [5.41, 5.74) is 2.98. The van der Waals surface area contributed by atoms with Gasteiger partial charge in [0.05, 0.1) is 22.8 Å². The second-order valence-electron chi connectivity index (χ2n) is 2.62. The Morgan fingerprint density at radius 2 is 1.38 bits per heavy atom. The number of fused-ring (bicyclic) bond motifs is 2. The maximum Gasteiger partial charge on any atom is 0.213 e. The molecule has 1 aromatic carbocycles. The van der Waals surface area contributed by atoms with Crippen molar-refractivity contribution in [3.8, 4) is 0 Å². The third-order valence-electron chi connectivity index (χ3n) is 1.79. The Morgan fingerprint density at radius 1 is 0.846 bits per heavy atom. The number of benzene rings is 1. The average molecular weight is 188 g/mol. The molecule has 0 fully saturated rings. The summed E-state index contributed by atoms with van der Waals surface area (Å²) in [6.45, 7) is 0. The van der Waals surface area contributed by atoms with E-state index in [1.54, 1.807) is 0 Å². The van der Waals surface area contributed by atoms with Gasteiger partial charge in [-0.2, -0.15) is 8.75 Å². The molecule has 0 atom stereocenters. The number of rotatable bonds is 0. The monoisotopic (exact) mass is 188 g/mol. The molecule has 0 unspecified atom stereocenters. The standard InChI is InChI=1S/C8H4N4S/c1-2-4-6-5(3-1)9-7-8(10-6)12-13-11-7/h1-4H. The molecule has 0 N–H and O–H groups in total. The normalized spacial score (nSPS) is 11.1. The van der Waals surface area contributed by atoms with Crippen molar-refractivity contribution in [2.75, 3.05) is 0 Å². The highest BCUT2D eigenvalue weighted by Gasteiger charge is 2.02. The van der Waals surface area contributed by atoms with Gasteiger partial charge in [0, 0.05) is 0 Å². The molecular formula is C8H4N4S. The van der Waals surface area contributed by atoms with Crippen LogP contribution in [-0.4, -0.2) is 18.7 Å². The summed E-state index contributed by atoms with van der Waals surface area (Å²) in [5, 5.41) is 0. The van der Waals surface area contributed by atoms with Gasteiger partial charge in [-0.1, -0.05) is 12.1 Å². The predicted molar refractivity (Wildman–Crippen MR) is 50.5 cm³/mol. The van der Waals surface area contributed by atoms with E-state index in [-0.39, 0.29) is 0 Å². The maximum atomic E-state index is 4.31. The fraction of sp³-hybridized carbons (Fsp3) is 0. The van der Waals surface area contributed by atoms with E-state index < -0.39 is 0 Å².